The van der Waals surface area contributed by atoms with Gasteiger partial charge in [0.05, 0.1) is 6.04 Å². The SMILES string of the molecule is CN1CC(N)CCC1c1nn(C)c2nncnc12. The van der Waals surface area contributed by atoms with E-state index in [9.17, 15) is 0 Å². The largest absolute Gasteiger partial charge is 0.327 e. The van der Waals surface area contributed by atoms with Crippen LogP contribution in [-0.4, -0.2) is 49.5 Å². The Bertz CT molecular complexity index is 564. The van der Waals surface area contributed by atoms with Crippen LogP contribution in [0.1, 0.15) is 24.6 Å². The maximum Gasteiger partial charge on any atom is 0.199 e. The number of likely N-dealkylation sites (tertiary alicyclic amines) is 1. The van der Waals surface area contributed by atoms with E-state index in [4.69, 9.17) is 5.73 Å². The predicted molar refractivity (Wildman–Crippen MR) is 66.7 cm³/mol. The lowest BCUT2D eigenvalue weighted by Gasteiger charge is -2.34. The molecular formula is C11H17N7. The topological polar surface area (TPSA) is 85.8 Å². The summed E-state index contributed by atoms with van der Waals surface area (Å²) >= 11 is 0. The zero-order chi connectivity index (χ0) is 12.7. The van der Waals surface area contributed by atoms with E-state index >= 15 is 0 Å². The van der Waals surface area contributed by atoms with E-state index < -0.39 is 0 Å². The van der Waals surface area contributed by atoms with Crippen molar-refractivity contribution >= 4 is 11.2 Å². The molecular weight excluding hydrogens is 230 g/mol. The van der Waals surface area contributed by atoms with Crippen LogP contribution in [0.4, 0.5) is 0 Å². The molecule has 0 aliphatic carbocycles. The minimum Gasteiger partial charge on any atom is -0.327 e. The highest BCUT2D eigenvalue weighted by molar-refractivity contribution is 5.73. The smallest absolute Gasteiger partial charge is 0.199 e. The third-order valence-electron chi connectivity index (χ3n) is 3.59. The van der Waals surface area contributed by atoms with Crippen molar-refractivity contribution in [2.75, 3.05) is 13.6 Å². The number of nitrogens with zero attached hydrogens (tertiary/aromatic N) is 6. The minimum absolute atomic E-state index is 0.258. The Morgan fingerprint density at radius 3 is 2.94 bits per heavy atom. The maximum atomic E-state index is 5.98. The van der Waals surface area contributed by atoms with Crippen molar-refractivity contribution in [1.29, 1.82) is 0 Å². The van der Waals surface area contributed by atoms with E-state index in [2.05, 4.69) is 32.2 Å². The van der Waals surface area contributed by atoms with Crippen LogP contribution in [0, 0.1) is 0 Å². The fourth-order valence-corrected chi connectivity index (χ4v) is 2.67. The highest BCUT2D eigenvalue weighted by Gasteiger charge is 2.29. The molecule has 96 valence electrons. The van der Waals surface area contributed by atoms with Crippen LogP contribution in [0.2, 0.25) is 0 Å². The first-order valence-electron chi connectivity index (χ1n) is 6.13. The normalized spacial score (nSPS) is 25.7. The van der Waals surface area contributed by atoms with Gasteiger partial charge < -0.3 is 5.73 Å². The summed E-state index contributed by atoms with van der Waals surface area (Å²) in [6, 6.07) is 0.527. The highest BCUT2D eigenvalue weighted by Crippen LogP contribution is 2.31. The molecule has 0 aromatic carbocycles. The van der Waals surface area contributed by atoms with Gasteiger partial charge in [-0.3, -0.25) is 4.90 Å². The zero-order valence-electron chi connectivity index (χ0n) is 10.6. The molecule has 2 atom stereocenters. The standard InChI is InChI=1S/C11H17N7/c1-17-5-7(12)3-4-8(17)9-10-11(18(2)16-9)15-14-6-13-10/h6-8H,3-5,12H2,1-2H3. The Kier molecular flexibility index (Phi) is 2.71. The number of hydrogen-bond donors (Lipinski definition) is 1. The molecule has 0 bridgehead atoms. The molecule has 0 saturated carbocycles. The number of aryl methyl sites for hydroxylation is 1. The molecule has 1 saturated heterocycles. The summed E-state index contributed by atoms with van der Waals surface area (Å²) in [5, 5.41) is 12.4. The molecule has 7 heteroatoms. The predicted octanol–water partition coefficient (Wildman–Crippen LogP) is -0.148. The number of fused-ring (bicyclic) bond motifs is 1. The average Bonchev–Trinajstić information content (AvgIpc) is 2.68. The summed E-state index contributed by atoms with van der Waals surface area (Å²) in [5.41, 5.74) is 8.54. The van der Waals surface area contributed by atoms with E-state index in [-0.39, 0.29) is 12.1 Å². The van der Waals surface area contributed by atoms with Crippen molar-refractivity contribution < 1.29 is 0 Å². The van der Waals surface area contributed by atoms with E-state index in [0.29, 0.717) is 0 Å². The van der Waals surface area contributed by atoms with Crippen molar-refractivity contribution in [1.82, 2.24) is 29.9 Å². The second-order valence-corrected chi connectivity index (χ2v) is 4.93. The molecule has 7 nitrogen and oxygen atoms in total. The highest BCUT2D eigenvalue weighted by atomic mass is 15.3. The van der Waals surface area contributed by atoms with Crippen LogP contribution in [0.3, 0.4) is 0 Å². The Labute approximate surface area is 105 Å². The van der Waals surface area contributed by atoms with Gasteiger partial charge in [-0.05, 0) is 19.9 Å². The van der Waals surface area contributed by atoms with E-state index in [1.54, 1.807) is 4.68 Å². The molecule has 1 aliphatic heterocycles. The number of likely N-dealkylation sites (N-methyl/N-ethyl adjacent to an activating group) is 1. The molecule has 1 aliphatic rings. The molecule has 3 rings (SSSR count). The number of piperidine rings is 1. The number of nitrogens with two attached hydrogens (primary N) is 1. The summed E-state index contributed by atoms with van der Waals surface area (Å²) in [6.07, 6.45) is 3.50. The summed E-state index contributed by atoms with van der Waals surface area (Å²) in [6.45, 7) is 0.890. The average molecular weight is 247 g/mol. The fourth-order valence-electron chi connectivity index (χ4n) is 2.67. The molecule has 2 N–H and O–H groups in total. The van der Waals surface area contributed by atoms with Gasteiger partial charge in [0.25, 0.3) is 0 Å². The Morgan fingerprint density at radius 2 is 2.17 bits per heavy atom. The van der Waals surface area contributed by atoms with Crippen LogP contribution in [0.5, 0.6) is 0 Å². The van der Waals surface area contributed by atoms with Gasteiger partial charge in [0.2, 0.25) is 0 Å². The van der Waals surface area contributed by atoms with Crippen LogP contribution in [0.25, 0.3) is 11.2 Å². The molecule has 18 heavy (non-hydrogen) atoms. The van der Waals surface area contributed by atoms with Gasteiger partial charge in [-0.1, -0.05) is 0 Å². The molecule has 0 amide bonds. The molecule has 2 unspecified atom stereocenters. The lowest BCUT2D eigenvalue weighted by molar-refractivity contribution is 0.166. The lowest BCUT2D eigenvalue weighted by Crippen LogP contribution is -2.42. The maximum absolute atomic E-state index is 5.98. The van der Waals surface area contributed by atoms with E-state index in [1.807, 2.05) is 7.05 Å². The van der Waals surface area contributed by atoms with Gasteiger partial charge in [0, 0.05) is 19.6 Å². The minimum atomic E-state index is 0.258. The first kappa shape index (κ1) is 11.5. The van der Waals surface area contributed by atoms with Gasteiger partial charge in [-0.15, -0.1) is 10.2 Å². The quantitative estimate of drug-likeness (QED) is 0.754. The van der Waals surface area contributed by atoms with Crippen molar-refractivity contribution in [3.05, 3.63) is 12.0 Å². The molecule has 2 aromatic rings. The van der Waals surface area contributed by atoms with Crippen LogP contribution < -0.4 is 5.73 Å². The molecule has 1 fully saturated rings. The summed E-state index contributed by atoms with van der Waals surface area (Å²) in [4.78, 5) is 6.56. The summed E-state index contributed by atoms with van der Waals surface area (Å²) in [7, 11) is 3.95. The van der Waals surface area contributed by atoms with Gasteiger partial charge in [-0.25, -0.2) is 9.67 Å². The van der Waals surface area contributed by atoms with E-state index in [0.717, 1.165) is 36.2 Å². The number of hydrogen-bond acceptors (Lipinski definition) is 6. The van der Waals surface area contributed by atoms with Gasteiger partial charge in [0.1, 0.15) is 17.5 Å². The summed E-state index contributed by atoms with van der Waals surface area (Å²) in [5.74, 6) is 0. The number of rotatable bonds is 1. The van der Waals surface area contributed by atoms with Crippen LogP contribution >= 0.6 is 0 Å². The van der Waals surface area contributed by atoms with Gasteiger partial charge >= 0.3 is 0 Å². The van der Waals surface area contributed by atoms with E-state index in [1.165, 1.54) is 6.33 Å². The number of aromatic nitrogens is 5. The third-order valence-corrected chi connectivity index (χ3v) is 3.59. The van der Waals surface area contributed by atoms with Crippen molar-refractivity contribution in [3.63, 3.8) is 0 Å². The summed E-state index contributed by atoms with van der Waals surface area (Å²) < 4.78 is 1.74. The van der Waals surface area contributed by atoms with Crippen LogP contribution in [0.15, 0.2) is 6.33 Å². The van der Waals surface area contributed by atoms with Crippen molar-refractivity contribution in [2.24, 2.45) is 12.8 Å². The Morgan fingerprint density at radius 1 is 1.33 bits per heavy atom. The second kappa shape index (κ2) is 4.25. The first-order chi connectivity index (χ1) is 8.66. The van der Waals surface area contributed by atoms with Crippen molar-refractivity contribution in [3.8, 4) is 0 Å². The third kappa shape index (κ3) is 1.75. The van der Waals surface area contributed by atoms with Gasteiger partial charge in [-0.2, -0.15) is 5.10 Å². The lowest BCUT2D eigenvalue weighted by atomic mass is 9.97. The Hall–Kier alpha value is -1.60. The molecule has 2 aromatic heterocycles. The van der Waals surface area contributed by atoms with Gasteiger partial charge in [0.15, 0.2) is 5.65 Å². The Balaban J connectivity index is 2.04. The molecule has 0 spiro atoms. The monoisotopic (exact) mass is 247 g/mol. The van der Waals surface area contributed by atoms with Crippen molar-refractivity contribution in [2.45, 2.75) is 24.9 Å². The van der Waals surface area contributed by atoms with Crippen LogP contribution in [-0.2, 0) is 7.05 Å². The molecule has 3 heterocycles. The molecule has 0 radical (unpaired) electrons. The second-order valence-electron chi connectivity index (χ2n) is 4.93. The zero-order valence-corrected chi connectivity index (χ0v) is 10.6. The fraction of sp³-hybridized carbons (Fsp3) is 0.636. The first-order valence-corrected chi connectivity index (χ1v) is 6.13.